The summed E-state index contributed by atoms with van der Waals surface area (Å²) in [6.07, 6.45) is 4.37. The third-order valence-corrected chi connectivity index (χ3v) is 4.45. The van der Waals surface area contributed by atoms with Crippen molar-refractivity contribution in [3.63, 3.8) is 0 Å². The molecule has 2 fully saturated rings. The average Bonchev–Trinajstić information content (AvgIpc) is 2.95. The molecular formula is C15H26N2O4. The largest absolute Gasteiger partial charge is 0.385 e. The van der Waals surface area contributed by atoms with E-state index in [1.54, 1.807) is 18.9 Å². The quantitative estimate of drug-likeness (QED) is 0.703. The van der Waals surface area contributed by atoms with Crippen molar-refractivity contribution >= 4 is 11.8 Å². The van der Waals surface area contributed by atoms with Crippen LogP contribution in [-0.2, 0) is 19.1 Å². The molecule has 1 aliphatic carbocycles. The molecule has 2 aliphatic rings. The summed E-state index contributed by atoms with van der Waals surface area (Å²) in [6.45, 7) is 3.99. The molecular weight excluding hydrogens is 272 g/mol. The first-order chi connectivity index (χ1) is 10.1. The minimum absolute atomic E-state index is 0.00600. The van der Waals surface area contributed by atoms with Crippen LogP contribution in [0.4, 0.5) is 0 Å². The Morgan fingerprint density at radius 2 is 1.95 bits per heavy atom. The van der Waals surface area contributed by atoms with Gasteiger partial charge in [0.1, 0.15) is 11.6 Å². The summed E-state index contributed by atoms with van der Waals surface area (Å²) < 4.78 is 10.5. The summed E-state index contributed by atoms with van der Waals surface area (Å²) in [5.41, 5.74) is -0.626. The molecule has 2 rings (SSSR count). The van der Waals surface area contributed by atoms with Gasteiger partial charge in [-0.25, -0.2) is 0 Å². The van der Waals surface area contributed by atoms with Gasteiger partial charge in [-0.3, -0.25) is 9.59 Å². The number of amides is 2. The minimum Gasteiger partial charge on any atom is -0.385 e. The van der Waals surface area contributed by atoms with Crippen LogP contribution in [0.5, 0.6) is 0 Å². The molecule has 1 heterocycles. The SMILES string of the molecule is COCCCOCCN1C(=O)C(C)NC(=O)C12CCCC2. The molecule has 1 atom stereocenters. The van der Waals surface area contributed by atoms with Crippen LogP contribution in [-0.4, -0.2) is 61.8 Å². The predicted octanol–water partition coefficient (Wildman–Crippen LogP) is 0.699. The molecule has 6 nitrogen and oxygen atoms in total. The van der Waals surface area contributed by atoms with Gasteiger partial charge in [-0.05, 0) is 26.2 Å². The van der Waals surface area contributed by atoms with Crippen LogP contribution in [0, 0.1) is 0 Å². The molecule has 6 heteroatoms. The monoisotopic (exact) mass is 298 g/mol. The highest BCUT2D eigenvalue weighted by Gasteiger charge is 2.52. The van der Waals surface area contributed by atoms with E-state index in [0.29, 0.717) is 26.4 Å². The van der Waals surface area contributed by atoms with Crippen molar-refractivity contribution in [2.24, 2.45) is 0 Å². The summed E-state index contributed by atoms with van der Waals surface area (Å²) in [4.78, 5) is 26.6. The average molecular weight is 298 g/mol. The van der Waals surface area contributed by atoms with Crippen LogP contribution in [0.3, 0.4) is 0 Å². The first kappa shape index (κ1) is 16.2. The molecule has 1 spiro atoms. The van der Waals surface area contributed by atoms with Crippen LogP contribution in [0.25, 0.3) is 0 Å². The Labute approximate surface area is 126 Å². The molecule has 0 aromatic carbocycles. The standard InChI is InChI=1S/C15H26N2O4/c1-12-13(18)17(8-11-21-10-5-9-20-2)15(14(19)16-12)6-3-4-7-15/h12H,3-11H2,1-2H3,(H,16,19). The van der Waals surface area contributed by atoms with E-state index in [4.69, 9.17) is 9.47 Å². The molecule has 0 aromatic heterocycles. The van der Waals surface area contributed by atoms with Crippen LogP contribution >= 0.6 is 0 Å². The molecule has 0 radical (unpaired) electrons. The number of hydrogen-bond acceptors (Lipinski definition) is 4. The van der Waals surface area contributed by atoms with Gasteiger partial charge in [-0.15, -0.1) is 0 Å². The molecule has 0 bridgehead atoms. The predicted molar refractivity (Wildman–Crippen MR) is 77.8 cm³/mol. The molecule has 1 saturated carbocycles. The maximum absolute atomic E-state index is 12.4. The lowest BCUT2D eigenvalue weighted by Gasteiger charge is -2.45. The van der Waals surface area contributed by atoms with E-state index in [1.807, 2.05) is 0 Å². The summed E-state index contributed by atoms with van der Waals surface area (Å²) >= 11 is 0. The number of carbonyl (C=O) groups is 2. The minimum atomic E-state index is -0.626. The summed E-state index contributed by atoms with van der Waals surface area (Å²) in [7, 11) is 1.66. The van der Waals surface area contributed by atoms with E-state index in [2.05, 4.69) is 5.32 Å². The van der Waals surface area contributed by atoms with Crippen LogP contribution in [0.1, 0.15) is 39.0 Å². The van der Waals surface area contributed by atoms with Crippen molar-refractivity contribution in [1.29, 1.82) is 0 Å². The van der Waals surface area contributed by atoms with Crippen LogP contribution in [0.2, 0.25) is 0 Å². The van der Waals surface area contributed by atoms with Gasteiger partial charge in [0.25, 0.3) is 0 Å². The fourth-order valence-electron chi connectivity index (χ4n) is 3.30. The Hall–Kier alpha value is -1.14. The maximum atomic E-state index is 12.4. The highest BCUT2D eigenvalue weighted by atomic mass is 16.5. The van der Waals surface area contributed by atoms with Gasteiger partial charge in [0, 0.05) is 26.9 Å². The molecule has 21 heavy (non-hydrogen) atoms. The third kappa shape index (κ3) is 3.37. The zero-order valence-corrected chi connectivity index (χ0v) is 13.0. The van der Waals surface area contributed by atoms with Crippen molar-refractivity contribution in [2.75, 3.05) is 33.5 Å². The fraction of sp³-hybridized carbons (Fsp3) is 0.867. The van der Waals surface area contributed by atoms with E-state index >= 15 is 0 Å². The fourth-order valence-corrected chi connectivity index (χ4v) is 3.30. The molecule has 2 amide bonds. The molecule has 120 valence electrons. The van der Waals surface area contributed by atoms with Gasteiger partial charge in [0.2, 0.25) is 11.8 Å². The smallest absolute Gasteiger partial charge is 0.246 e. The van der Waals surface area contributed by atoms with Gasteiger partial charge >= 0.3 is 0 Å². The van der Waals surface area contributed by atoms with Crippen molar-refractivity contribution in [3.05, 3.63) is 0 Å². The molecule has 1 unspecified atom stereocenters. The summed E-state index contributed by atoms with van der Waals surface area (Å²) in [6, 6.07) is -0.433. The number of ether oxygens (including phenoxy) is 2. The summed E-state index contributed by atoms with van der Waals surface area (Å²) in [5.74, 6) is 0.0171. The van der Waals surface area contributed by atoms with E-state index in [1.165, 1.54) is 0 Å². The lowest BCUT2D eigenvalue weighted by Crippen LogP contribution is -2.69. The second-order valence-electron chi connectivity index (χ2n) is 5.88. The topological polar surface area (TPSA) is 67.9 Å². The van der Waals surface area contributed by atoms with E-state index < -0.39 is 11.6 Å². The lowest BCUT2D eigenvalue weighted by atomic mass is 9.89. The van der Waals surface area contributed by atoms with Gasteiger partial charge in [0.15, 0.2) is 0 Å². The number of nitrogens with one attached hydrogen (secondary N) is 1. The molecule has 1 saturated heterocycles. The summed E-state index contributed by atoms with van der Waals surface area (Å²) in [5, 5.41) is 2.82. The number of methoxy groups -OCH3 is 1. The van der Waals surface area contributed by atoms with Crippen molar-refractivity contribution in [1.82, 2.24) is 10.2 Å². The van der Waals surface area contributed by atoms with Gasteiger partial charge < -0.3 is 19.7 Å². The molecule has 1 aliphatic heterocycles. The Balaban J connectivity index is 1.92. The number of hydrogen-bond donors (Lipinski definition) is 1. The van der Waals surface area contributed by atoms with Crippen LogP contribution in [0.15, 0.2) is 0 Å². The first-order valence-electron chi connectivity index (χ1n) is 7.81. The normalized spacial score (nSPS) is 24.7. The zero-order chi connectivity index (χ0) is 15.3. The Morgan fingerprint density at radius 3 is 2.62 bits per heavy atom. The number of piperazine rings is 1. The third-order valence-electron chi connectivity index (χ3n) is 4.45. The van der Waals surface area contributed by atoms with E-state index in [9.17, 15) is 9.59 Å². The number of nitrogens with zero attached hydrogens (tertiary/aromatic N) is 1. The Kier molecular flexibility index (Phi) is 5.58. The Bertz CT molecular complexity index is 380. The Morgan fingerprint density at radius 1 is 1.24 bits per heavy atom. The number of rotatable bonds is 7. The van der Waals surface area contributed by atoms with E-state index in [-0.39, 0.29) is 11.8 Å². The van der Waals surface area contributed by atoms with Gasteiger partial charge in [0.05, 0.1) is 6.61 Å². The molecule has 1 N–H and O–H groups in total. The first-order valence-corrected chi connectivity index (χ1v) is 7.81. The van der Waals surface area contributed by atoms with E-state index in [0.717, 1.165) is 32.1 Å². The maximum Gasteiger partial charge on any atom is 0.246 e. The van der Waals surface area contributed by atoms with Gasteiger partial charge in [-0.1, -0.05) is 12.8 Å². The zero-order valence-electron chi connectivity index (χ0n) is 13.0. The van der Waals surface area contributed by atoms with Crippen LogP contribution < -0.4 is 5.32 Å². The highest BCUT2D eigenvalue weighted by Crippen LogP contribution is 2.37. The number of carbonyl (C=O) groups excluding carboxylic acids is 2. The van der Waals surface area contributed by atoms with Crippen molar-refractivity contribution in [3.8, 4) is 0 Å². The lowest BCUT2D eigenvalue weighted by molar-refractivity contribution is -0.157. The second kappa shape index (κ2) is 7.22. The highest BCUT2D eigenvalue weighted by molar-refractivity contribution is 5.99. The van der Waals surface area contributed by atoms with Gasteiger partial charge in [-0.2, -0.15) is 0 Å². The molecule has 0 aromatic rings. The van der Waals surface area contributed by atoms with Crippen molar-refractivity contribution in [2.45, 2.75) is 50.6 Å². The van der Waals surface area contributed by atoms with Crippen molar-refractivity contribution < 1.29 is 19.1 Å². The second-order valence-corrected chi connectivity index (χ2v) is 5.88.